The number of benzene rings is 1. The number of carbonyl (C=O) groups is 1. The second kappa shape index (κ2) is 8.44. The molecule has 6 nitrogen and oxygen atoms in total. The van der Waals surface area contributed by atoms with Crippen LogP contribution in [0, 0.1) is 5.82 Å². The molecule has 0 aliphatic carbocycles. The molecule has 8 heteroatoms. The highest BCUT2D eigenvalue weighted by Crippen LogP contribution is 2.40. The number of likely N-dealkylation sites (tertiary alicyclic amines) is 1. The summed E-state index contributed by atoms with van der Waals surface area (Å²) >= 11 is 1.49. The lowest BCUT2D eigenvalue weighted by molar-refractivity contribution is 0.0831. The summed E-state index contributed by atoms with van der Waals surface area (Å²) in [6.07, 6.45) is 6.64. The monoisotopic (exact) mass is 449 g/mol. The van der Waals surface area contributed by atoms with Crippen LogP contribution in [0.5, 0.6) is 0 Å². The van der Waals surface area contributed by atoms with Crippen molar-refractivity contribution in [2.24, 2.45) is 0 Å². The second-order valence-electron chi connectivity index (χ2n) is 8.39. The highest BCUT2D eigenvalue weighted by Gasteiger charge is 2.31. The van der Waals surface area contributed by atoms with Crippen molar-refractivity contribution in [1.29, 1.82) is 0 Å². The summed E-state index contributed by atoms with van der Waals surface area (Å²) in [4.78, 5) is 23.2. The number of hydrogen-bond acceptors (Lipinski definition) is 5. The fourth-order valence-corrected chi connectivity index (χ4v) is 5.62. The number of fused-ring (bicyclic) bond motifs is 1. The van der Waals surface area contributed by atoms with Crippen molar-refractivity contribution in [2.75, 3.05) is 27.2 Å². The Hall–Kier alpha value is -3.10. The zero-order chi connectivity index (χ0) is 22.2. The Balaban J connectivity index is 1.35. The van der Waals surface area contributed by atoms with E-state index >= 15 is 0 Å². The minimum Gasteiger partial charge on any atom is -0.344 e. The quantitative estimate of drug-likeness (QED) is 0.456. The third kappa shape index (κ3) is 3.91. The van der Waals surface area contributed by atoms with E-state index in [0.29, 0.717) is 5.92 Å². The van der Waals surface area contributed by atoms with E-state index in [1.807, 2.05) is 18.5 Å². The number of aromatic nitrogens is 3. The summed E-state index contributed by atoms with van der Waals surface area (Å²) < 4.78 is 15.0. The van der Waals surface area contributed by atoms with Crippen molar-refractivity contribution in [3.8, 4) is 5.69 Å². The fraction of sp³-hybridized carbons (Fsp3) is 0.292. The van der Waals surface area contributed by atoms with Gasteiger partial charge >= 0.3 is 0 Å². The summed E-state index contributed by atoms with van der Waals surface area (Å²) in [6.45, 7) is 2.63. The van der Waals surface area contributed by atoms with Crippen molar-refractivity contribution in [3.63, 3.8) is 0 Å². The van der Waals surface area contributed by atoms with Gasteiger partial charge in [-0.2, -0.15) is 5.10 Å². The maximum absolute atomic E-state index is 13.2. The molecule has 164 valence electrons. The molecule has 1 aromatic carbocycles. The molecule has 0 radical (unpaired) electrons. The van der Waals surface area contributed by atoms with Gasteiger partial charge in [0.25, 0.3) is 5.91 Å². The maximum Gasteiger partial charge on any atom is 0.263 e. The molecule has 1 saturated heterocycles. The van der Waals surface area contributed by atoms with E-state index < -0.39 is 0 Å². The summed E-state index contributed by atoms with van der Waals surface area (Å²) in [7, 11) is 3.59. The standard InChI is InChI=1S/C24H24FN5OS/c1-28(2)24(31)22-21(20-4-3-10-26-23(20)32-22)17-9-11-29(15-17)13-16-12-27-30(14-16)19-7-5-18(25)6-8-19/h3-8,10,12,14,17H,9,11,13,15H2,1-2H3/t17-/m0/s1. The van der Waals surface area contributed by atoms with E-state index in [0.717, 1.165) is 58.0 Å². The molecular weight excluding hydrogens is 425 g/mol. The van der Waals surface area contributed by atoms with Crippen molar-refractivity contribution in [1.82, 2.24) is 24.6 Å². The van der Waals surface area contributed by atoms with Gasteiger partial charge in [0.1, 0.15) is 10.6 Å². The molecule has 1 fully saturated rings. The molecule has 0 bridgehead atoms. The average molecular weight is 450 g/mol. The lowest BCUT2D eigenvalue weighted by Gasteiger charge is -2.17. The molecule has 0 unspecified atom stereocenters. The van der Waals surface area contributed by atoms with Crippen LogP contribution in [0.15, 0.2) is 55.0 Å². The summed E-state index contributed by atoms with van der Waals surface area (Å²) in [5, 5.41) is 5.53. The molecule has 1 aliphatic heterocycles. The van der Waals surface area contributed by atoms with E-state index in [2.05, 4.69) is 21.0 Å². The SMILES string of the molecule is CN(C)C(=O)c1sc2ncccc2c1[C@H]1CCN(Cc2cnn(-c3ccc(F)cc3)c2)C1. The number of nitrogens with zero attached hydrogens (tertiary/aromatic N) is 5. The zero-order valence-electron chi connectivity index (χ0n) is 18.0. The Kier molecular flexibility index (Phi) is 5.48. The summed E-state index contributed by atoms with van der Waals surface area (Å²) in [5.41, 5.74) is 3.08. The van der Waals surface area contributed by atoms with E-state index in [4.69, 9.17) is 0 Å². The first-order valence-corrected chi connectivity index (χ1v) is 11.4. The number of hydrogen-bond donors (Lipinski definition) is 0. The maximum atomic E-state index is 13.2. The van der Waals surface area contributed by atoms with Crippen LogP contribution in [0.3, 0.4) is 0 Å². The lowest BCUT2D eigenvalue weighted by Crippen LogP contribution is -2.23. The average Bonchev–Trinajstić information content (AvgIpc) is 3.52. The predicted octanol–water partition coefficient (Wildman–Crippen LogP) is 4.31. The van der Waals surface area contributed by atoms with Crippen LogP contribution in [-0.2, 0) is 6.54 Å². The first-order valence-electron chi connectivity index (χ1n) is 10.6. The van der Waals surface area contributed by atoms with E-state index in [-0.39, 0.29) is 11.7 Å². The largest absolute Gasteiger partial charge is 0.344 e. The third-order valence-corrected chi connectivity index (χ3v) is 7.04. The fourth-order valence-electron chi connectivity index (χ4n) is 4.37. The number of amides is 1. The molecule has 1 atom stereocenters. The summed E-state index contributed by atoms with van der Waals surface area (Å²) in [6, 6.07) is 10.3. The van der Waals surface area contributed by atoms with E-state index in [1.54, 1.807) is 42.0 Å². The van der Waals surface area contributed by atoms with Crippen LogP contribution < -0.4 is 0 Å². The van der Waals surface area contributed by atoms with Crippen molar-refractivity contribution in [3.05, 3.63) is 76.8 Å². The van der Waals surface area contributed by atoms with Gasteiger partial charge < -0.3 is 4.90 Å². The van der Waals surface area contributed by atoms with Gasteiger partial charge in [-0.1, -0.05) is 6.07 Å². The zero-order valence-corrected chi connectivity index (χ0v) is 18.8. The molecule has 3 aromatic heterocycles. The molecular formula is C24H24FN5OS. The Morgan fingerprint density at radius 2 is 2.06 bits per heavy atom. The summed E-state index contributed by atoms with van der Waals surface area (Å²) in [5.74, 6) is 0.0773. The van der Waals surface area contributed by atoms with Gasteiger partial charge in [-0.25, -0.2) is 14.1 Å². The van der Waals surface area contributed by atoms with E-state index in [9.17, 15) is 9.18 Å². The van der Waals surface area contributed by atoms with Crippen molar-refractivity contribution < 1.29 is 9.18 Å². The van der Waals surface area contributed by atoms with Gasteiger partial charge in [0, 0.05) is 56.4 Å². The molecule has 4 aromatic rings. The molecule has 1 aliphatic rings. The Morgan fingerprint density at radius 1 is 1.25 bits per heavy atom. The minimum atomic E-state index is -0.257. The topological polar surface area (TPSA) is 54.3 Å². The van der Waals surface area contributed by atoms with Gasteiger partial charge in [-0.05, 0) is 48.9 Å². The molecule has 1 amide bonds. The van der Waals surface area contributed by atoms with Crippen LogP contribution in [-0.4, -0.2) is 57.7 Å². The first-order chi connectivity index (χ1) is 15.5. The van der Waals surface area contributed by atoms with Crippen LogP contribution >= 0.6 is 11.3 Å². The number of carbonyl (C=O) groups excluding carboxylic acids is 1. The number of rotatable bonds is 5. The van der Waals surface area contributed by atoms with Gasteiger partial charge in [0.2, 0.25) is 0 Å². The molecule has 0 saturated carbocycles. The number of halogens is 1. The lowest BCUT2D eigenvalue weighted by atomic mass is 9.95. The molecule has 0 spiro atoms. The van der Waals surface area contributed by atoms with Crippen LogP contribution in [0.25, 0.3) is 15.9 Å². The molecule has 0 N–H and O–H groups in total. The Labute approximate surface area is 189 Å². The third-order valence-electron chi connectivity index (χ3n) is 5.92. The van der Waals surface area contributed by atoms with Crippen molar-refractivity contribution >= 4 is 27.5 Å². The van der Waals surface area contributed by atoms with Crippen LogP contribution in [0.1, 0.15) is 33.1 Å². The molecule has 5 rings (SSSR count). The van der Waals surface area contributed by atoms with Gasteiger partial charge in [0.15, 0.2) is 0 Å². The number of pyridine rings is 1. The highest BCUT2D eigenvalue weighted by atomic mass is 32.1. The first kappa shape index (κ1) is 20.8. The smallest absolute Gasteiger partial charge is 0.263 e. The predicted molar refractivity (Wildman–Crippen MR) is 124 cm³/mol. The second-order valence-corrected chi connectivity index (χ2v) is 9.39. The minimum absolute atomic E-state index is 0.0435. The van der Waals surface area contributed by atoms with Gasteiger partial charge in [0.05, 0.1) is 16.8 Å². The van der Waals surface area contributed by atoms with E-state index in [1.165, 1.54) is 23.5 Å². The normalized spacial score (nSPS) is 16.7. The van der Waals surface area contributed by atoms with Crippen LogP contribution in [0.2, 0.25) is 0 Å². The highest BCUT2D eigenvalue weighted by molar-refractivity contribution is 7.20. The molecule has 32 heavy (non-hydrogen) atoms. The van der Waals surface area contributed by atoms with Gasteiger partial charge in [-0.3, -0.25) is 9.69 Å². The Morgan fingerprint density at radius 3 is 2.84 bits per heavy atom. The number of thiophene rings is 1. The Bertz CT molecular complexity index is 1260. The molecule has 4 heterocycles. The van der Waals surface area contributed by atoms with Gasteiger partial charge in [-0.15, -0.1) is 11.3 Å². The van der Waals surface area contributed by atoms with Crippen LogP contribution in [0.4, 0.5) is 4.39 Å². The van der Waals surface area contributed by atoms with Crippen molar-refractivity contribution in [2.45, 2.75) is 18.9 Å².